The van der Waals surface area contributed by atoms with Crippen molar-refractivity contribution in [2.45, 2.75) is 38.8 Å². The zero-order chi connectivity index (χ0) is 15.9. The number of halogens is 1. The van der Waals surface area contributed by atoms with Crippen LogP contribution < -0.4 is 5.32 Å². The van der Waals surface area contributed by atoms with Gasteiger partial charge in [0.1, 0.15) is 0 Å². The predicted octanol–water partition coefficient (Wildman–Crippen LogP) is 3.36. The quantitative estimate of drug-likeness (QED) is 0.902. The van der Waals surface area contributed by atoms with Gasteiger partial charge in [-0.15, -0.1) is 0 Å². The minimum absolute atomic E-state index is 0.0244. The molecule has 2 rings (SSSR count). The van der Waals surface area contributed by atoms with Crippen molar-refractivity contribution in [1.29, 1.82) is 0 Å². The molecule has 22 heavy (non-hydrogen) atoms. The Balaban J connectivity index is 2.10. The van der Waals surface area contributed by atoms with E-state index >= 15 is 0 Å². The fourth-order valence-corrected chi connectivity index (χ4v) is 3.01. The summed E-state index contributed by atoms with van der Waals surface area (Å²) in [6.07, 6.45) is 2.97. The molecule has 0 saturated carbocycles. The van der Waals surface area contributed by atoms with Gasteiger partial charge in [0, 0.05) is 24.2 Å². The molecule has 0 atom stereocenters. The number of piperidine rings is 1. The second-order valence-electron chi connectivity index (χ2n) is 5.99. The van der Waals surface area contributed by atoms with Crippen LogP contribution in [0.4, 0.5) is 4.79 Å². The highest BCUT2D eigenvalue weighted by Crippen LogP contribution is 2.22. The SMILES string of the molecule is CCCNC(=O)N(Cc1ccccc1Cl)C1CCN(C)CC1. The van der Waals surface area contributed by atoms with Gasteiger partial charge in [0.15, 0.2) is 0 Å². The molecule has 1 saturated heterocycles. The molecule has 122 valence electrons. The number of likely N-dealkylation sites (tertiary alicyclic amines) is 1. The number of rotatable bonds is 5. The Morgan fingerprint density at radius 1 is 1.36 bits per heavy atom. The van der Waals surface area contributed by atoms with E-state index in [9.17, 15) is 4.79 Å². The topological polar surface area (TPSA) is 35.6 Å². The smallest absolute Gasteiger partial charge is 0.317 e. The predicted molar refractivity (Wildman–Crippen MR) is 91.2 cm³/mol. The number of nitrogens with one attached hydrogen (secondary N) is 1. The maximum atomic E-state index is 12.6. The van der Waals surface area contributed by atoms with Crippen LogP contribution in [0.1, 0.15) is 31.7 Å². The van der Waals surface area contributed by atoms with Gasteiger partial charge in [-0.2, -0.15) is 0 Å². The van der Waals surface area contributed by atoms with E-state index in [-0.39, 0.29) is 12.1 Å². The molecule has 1 N–H and O–H groups in total. The molecule has 4 nitrogen and oxygen atoms in total. The summed E-state index contributed by atoms with van der Waals surface area (Å²) in [5.41, 5.74) is 1.01. The van der Waals surface area contributed by atoms with Gasteiger partial charge in [-0.05, 0) is 51.0 Å². The lowest BCUT2D eigenvalue weighted by Crippen LogP contribution is -2.49. The number of carbonyl (C=O) groups is 1. The van der Waals surface area contributed by atoms with Gasteiger partial charge >= 0.3 is 6.03 Å². The average molecular weight is 324 g/mol. The largest absolute Gasteiger partial charge is 0.338 e. The van der Waals surface area contributed by atoms with Crippen molar-refractivity contribution in [3.05, 3.63) is 34.9 Å². The minimum atomic E-state index is 0.0244. The molecule has 0 unspecified atom stereocenters. The van der Waals surface area contributed by atoms with Crippen LogP contribution in [0.2, 0.25) is 5.02 Å². The average Bonchev–Trinajstić information content (AvgIpc) is 2.53. The van der Waals surface area contributed by atoms with E-state index < -0.39 is 0 Å². The van der Waals surface area contributed by atoms with E-state index in [1.807, 2.05) is 29.2 Å². The standard InChI is InChI=1S/C17H26ClN3O/c1-3-10-19-17(22)21(15-8-11-20(2)12-9-15)13-14-6-4-5-7-16(14)18/h4-7,15H,3,8-13H2,1-2H3,(H,19,22). The van der Waals surface area contributed by atoms with Crippen molar-refractivity contribution in [1.82, 2.24) is 15.1 Å². The third-order valence-electron chi connectivity index (χ3n) is 4.21. The molecule has 0 aromatic heterocycles. The molecule has 1 heterocycles. The Morgan fingerprint density at radius 3 is 2.68 bits per heavy atom. The lowest BCUT2D eigenvalue weighted by atomic mass is 10.0. The number of carbonyl (C=O) groups excluding carboxylic acids is 1. The first kappa shape index (κ1) is 17.1. The van der Waals surface area contributed by atoms with Crippen LogP contribution in [0, 0.1) is 0 Å². The molecular formula is C17H26ClN3O. The lowest BCUT2D eigenvalue weighted by molar-refractivity contribution is 0.127. The molecule has 5 heteroatoms. The van der Waals surface area contributed by atoms with Gasteiger partial charge in [-0.3, -0.25) is 0 Å². The number of benzene rings is 1. The van der Waals surface area contributed by atoms with E-state index in [0.717, 1.165) is 42.9 Å². The normalized spacial score (nSPS) is 16.5. The third kappa shape index (κ3) is 4.62. The van der Waals surface area contributed by atoms with Gasteiger partial charge < -0.3 is 15.1 Å². The van der Waals surface area contributed by atoms with Crippen LogP contribution in [0.25, 0.3) is 0 Å². The molecule has 0 radical (unpaired) electrons. The molecule has 2 amide bonds. The highest BCUT2D eigenvalue weighted by atomic mass is 35.5. The fraction of sp³-hybridized carbons (Fsp3) is 0.588. The van der Waals surface area contributed by atoms with Crippen molar-refractivity contribution in [2.24, 2.45) is 0 Å². The maximum Gasteiger partial charge on any atom is 0.317 e. The van der Waals surface area contributed by atoms with Gasteiger partial charge in [0.2, 0.25) is 0 Å². The molecule has 0 bridgehead atoms. The first-order valence-electron chi connectivity index (χ1n) is 8.08. The lowest BCUT2D eigenvalue weighted by Gasteiger charge is -2.37. The monoisotopic (exact) mass is 323 g/mol. The number of amides is 2. The summed E-state index contributed by atoms with van der Waals surface area (Å²) >= 11 is 6.27. The highest BCUT2D eigenvalue weighted by Gasteiger charge is 2.27. The van der Waals surface area contributed by atoms with Crippen LogP contribution in [0.5, 0.6) is 0 Å². The first-order valence-corrected chi connectivity index (χ1v) is 8.46. The number of urea groups is 1. The molecule has 0 aliphatic carbocycles. The van der Waals surface area contributed by atoms with Crippen LogP contribution in [-0.4, -0.2) is 48.6 Å². The van der Waals surface area contributed by atoms with E-state index in [4.69, 9.17) is 11.6 Å². The summed E-state index contributed by atoms with van der Waals surface area (Å²) < 4.78 is 0. The van der Waals surface area contributed by atoms with Crippen molar-refractivity contribution < 1.29 is 4.79 Å². The maximum absolute atomic E-state index is 12.6. The Kier molecular flexibility index (Phi) is 6.52. The second kappa shape index (κ2) is 8.39. The fourth-order valence-electron chi connectivity index (χ4n) is 2.82. The Morgan fingerprint density at radius 2 is 2.05 bits per heavy atom. The molecule has 1 aliphatic heterocycles. The summed E-state index contributed by atoms with van der Waals surface area (Å²) in [6.45, 7) is 5.41. The van der Waals surface area contributed by atoms with Crippen molar-refractivity contribution in [2.75, 3.05) is 26.7 Å². The summed E-state index contributed by atoms with van der Waals surface area (Å²) in [4.78, 5) is 16.8. The van der Waals surface area contributed by atoms with Crippen molar-refractivity contribution in [3.8, 4) is 0 Å². The molecule has 1 aliphatic rings. The third-order valence-corrected chi connectivity index (χ3v) is 4.58. The Bertz CT molecular complexity index is 487. The Labute approximate surface area is 138 Å². The van der Waals surface area contributed by atoms with Crippen LogP contribution in [0.15, 0.2) is 24.3 Å². The molecular weight excluding hydrogens is 298 g/mol. The van der Waals surface area contributed by atoms with Gasteiger partial charge in [-0.25, -0.2) is 4.79 Å². The van der Waals surface area contributed by atoms with E-state index in [1.165, 1.54) is 0 Å². The van der Waals surface area contributed by atoms with E-state index in [1.54, 1.807) is 0 Å². The number of hydrogen-bond donors (Lipinski definition) is 1. The summed E-state index contributed by atoms with van der Waals surface area (Å²) in [5.74, 6) is 0. The minimum Gasteiger partial charge on any atom is -0.338 e. The summed E-state index contributed by atoms with van der Waals surface area (Å²) in [6, 6.07) is 8.08. The highest BCUT2D eigenvalue weighted by molar-refractivity contribution is 6.31. The molecule has 1 fully saturated rings. The Hall–Kier alpha value is -1.26. The molecule has 1 aromatic carbocycles. The van der Waals surface area contributed by atoms with Crippen LogP contribution in [-0.2, 0) is 6.54 Å². The van der Waals surface area contributed by atoms with Gasteiger partial charge in [0.25, 0.3) is 0 Å². The van der Waals surface area contributed by atoms with Crippen molar-refractivity contribution in [3.63, 3.8) is 0 Å². The summed E-state index contributed by atoms with van der Waals surface area (Å²) in [5, 5.41) is 3.74. The van der Waals surface area contributed by atoms with Crippen molar-refractivity contribution >= 4 is 17.6 Å². The first-order chi connectivity index (χ1) is 10.6. The van der Waals surface area contributed by atoms with Crippen LogP contribution in [0.3, 0.4) is 0 Å². The van der Waals surface area contributed by atoms with Gasteiger partial charge in [-0.1, -0.05) is 36.7 Å². The number of hydrogen-bond acceptors (Lipinski definition) is 2. The number of nitrogens with zero attached hydrogens (tertiary/aromatic N) is 2. The van der Waals surface area contributed by atoms with E-state index in [0.29, 0.717) is 13.1 Å². The zero-order valence-corrected chi connectivity index (χ0v) is 14.3. The zero-order valence-electron chi connectivity index (χ0n) is 13.5. The van der Waals surface area contributed by atoms with Gasteiger partial charge in [0.05, 0.1) is 0 Å². The summed E-state index contributed by atoms with van der Waals surface area (Å²) in [7, 11) is 2.13. The molecule has 1 aromatic rings. The van der Waals surface area contributed by atoms with E-state index in [2.05, 4.69) is 24.2 Å². The molecule has 0 spiro atoms. The second-order valence-corrected chi connectivity index (χ2v) is 6.39. The van der Waals surface area contributed by atoms with Crippen LogP contribution >= 0.6 is 11.6 Å².